The van der Waals surface area contributed by atoms with E-state index in [9.17, 15) is 4.39 Å². The molecule has 0 radical (unpaired) electrons. The van der Waals surface area contributed by atoms with E-state index >= 15 is 0 Å². The standard InChI is InChI=1S/C19H17ClFN5S/c20-17-8-15-18(23-11-24-19(15)27-17)25-14-3-5-26(6-4-14)10-12-1-2-16(21)13(7-12)9-22/h1-2,7-8,11,14H,3-6,10H2,(H,23,24,25)/i2D,3D2,4D2,8D,10D2,11D,14D/hD. The van der Waals surface area contributed by atoms with E-state index < -0.39 is 73.5 Å². The van der Waals surface area contributed by atoms with Crippen LogP contribution in [-0.2, 0) is 6.50 Å². The van der Waals surface area contributed by atoms with Gasteiger partial charge in [-0.1, -0.05) is 17.7 Å². The molecule has 3 heterocycles. The van der Waals surface area contributed by atoms with Gasteiger partial charge in [0.2, 0.25) is 0 Å². The smallest absolute Gasteiger partial charge is 0.162 e. The summed E-state index contributed by atoms with van der Waals surface area (Å²) >= 11 is 6.81. The molecular weight excluding hydrogens is 385 g/mol. The van der Waals surface area contributed by atoms with Crippen LogP contribution in [0.5, 0.6) is 0 Å². The minimum Gasteiger partial charge on any atom is -0.367 e. The SMILES string of the molecule is [2H]c1nc(N([2H])C2([2H])C([2H])([2H])CN(C([2H])([2H])c3cc([2H])c(F)c(C#N)c3)CC2([2H])[2H])c2c([2H])c(Cl)sc2n1. The summed E-state index contributed by atoms with van der Waals surface area (Å²) in [4.78, 5) is 8.34. The van der Waals surface area contributed by atoms with Crippen LogP contribution in [0, 0.1) is 17.1 Å². The van der Waals surface area contributed by atoms with Gasteiger partial charge in [0.05, 0.1) is 19.4 Å². The Bertz CT molecular complexity index is 1480. The Labute approximate surface area is 180 Å². The highest BCUT2D eigenvalue weighted by Crippen LogP contribution is 2.32. The molecule has 0 atom stereocenters. The second kappa shape index (κ2) is 7.77. The van der Waals surface area contributed by atoms with Crippen molar-refractivity contribution in [2.75, 3.05) is 18.4 Å². The van der Waals surface area contributed by atoms with Gasteiger partial charge in [-0.2, -0.15) is 5.26 Å². The lowest BCUT2D eigenvalue weighted by molar-refractivity contribution is 0.211. The molecule has 138 valence electrons. The molecule has 0 unspecified atom stereocenters. The van der Waals surface area contributed by atoms with Gasteiger partial charge in [0.15, 0.2) is 1.41 Å². The molecule has 1 fully saturated rings. The van der Waals surface area contributed by atoms with E-state index in [2.05, 4.69) is 9.97 Å². The van der Waals surface area contributed by atoms with Crippen LogP contribution in [0.15, 0.2) is 30.5 Å². The van der Waals surface area contributed by atoms with Crippen LogP contribution < -0.4 is 5.31 Å². The number of fused-ring (bicyclic) bond motifs is 1. The zero-order valence-electron chi connectivity index (χ0n) is 24.5. The number of nitrogens with zero attached hydrogens (tertiary/aromatic N) is 4. The van der Waals surface area contributed by atoms with Crippen molar-refractivity contribution in [3.63, 3.8) is 0 Å². The maximum Gasteiger partial charge on any atom is 0.162 e. The number of rotatable bonds is 4. The minimum atomic E-state index is -3.08. The average molecular weight is 413 g/mol. The van der Waals surface area contributed by atoms with Crippen LogP contribution in [0.1, 0.15) is 37.6 Å². The Morgan fingerprint density at radius 2 is 2.41 bits per heavy atom. The van der Waals surface area contributed by atoms with E-state index in [0.29, 0.717) is 4.90 Å². The van der Waals surface area contributed by atoms with E-state index in [1.54, 1.807) is 0 Å². The van der Waals surface area contributed by atoms with E-state index in [4.69, 9.17) is 32.0 Å². The summed E-state index contributed by atoms with van der Waals surface area (Å²) in [5.74, 6) is -1.75. The van der Waals surface area contributed by atoms with Gasteiger partial charge in [-0.25, -0.2) is 14.4 Å². The molecule has 1 aliphatic rings. The van der Waals surface area contributed by atoms with Crippen molar-refractivity contribution >= 4 is 39.0 Å². The summed E-state index contributed by atoms with van der Waals surface area (Å²) < 4.78 is 107. The number of halogens is 2. The number of hydrogen-bond donors (Lipinski definition) is 1. The lowest BCUT2D eigenvalue weighted by atomic mass is 10.0. The van der Waals surface area contributed by atoms with Crippen LogP contribution in [0.4, 0.5) is 10.2 Å². The van der Waals surface area contributed by atoms with E-state index in [-0.39, 0.29) is 25.9 Å². The Morgan fingerprint density at radius 3 is 3.19 bits per heavy atom. The lowest BCUT2D eigenvalue weighted by Crippen LogP contribution is -2.38. The Kier molecular flexibility index (Phi) is 2.67. The predicted molar refractivity (Wildman–Crippen MR) is 105 cm³/mol. The maximum atomic E-state index is 14.0. The molecule has 0 spiro atoms. The largest absolute Gasteiger partial charge is 0.367 e. The van der Waals surface area contributed by atoms with Gasteiger partial charge in [0.25, 0.3) is 0 Å². The van der Waals surface area contributed by atoms with E-state index in [1.165, 1.54) is 6.07 Å². The van der Waals surface area contributed by atoms with Crippen molar-refractivity contribution in [2.24, 2.45) is 0 Å². The van der Waals surface area contributed by atoms with Gasteiger partial charge >= 0.3 is 0 Å². The van der Waals surface area contributed by atoms with Gasteiger partial charge < -0.3 is 5.31 Å². The van der Waals surface area contributed by atoms with Crippen molar-refractivity contribution in [3.05, 3.63) is 51.8 Å². The van der Waals surface area contributed by atoms with Gasteiger partial charge in [-0.15, -0.1) is 11.3 Å². The number of hydrogen-bond acceptors (Lipinski definition) is 6. The van der Waals surface area contributed by atoms with Crippen molar-refractivity contribution in [1.82, 2.24) is 14.9 Å². The number of benzene rings is 1. The van der Waals surface area contributed by atoms with Crippen molar-refractivity contribution in [2.45, 2.75) is 25.3 Å². The number of thiophene rings is 1. The highest BCUT2D eigenvalue weighted by atomic mass is 35.5. The first-order chi connectivity index (χ1) is 17.4. The molecular formula is C19H17ClFN5S. The number of aromatic nitrogens is 2. The number of piperidine rings is 1. The first-order valence-corrected chi connectivity index (χ1v) is 8.76. The molecule has 2 aromatic heterocycles. The number of nitriles is 1. The molecule has 4 rings (SSSR count). The van der Waals surface area contributed by atoms with Crippen LogP contribution in [-0.4, -0.2) is 34.0 Å². The zero-order valence-corrected chi connectivity index (χ0v) is 15.0. The highest BCUT2D eigenvalue weighted by Gasteiger charge is 2.21. The number of anilines is 1. The van der Waals surface area contributed by atoms with Gasteiger partial charge in [0, 0.05) is 33.8 Å². The van der Waals surface area contributed by atoms with Crippen LogP contribution in [0.2, 0.25) is 5.75 Å². The first kappa shape index (κ1) is 9.28. The summed E-state index contributed by atoms with van der Waals surface area (Å²) in [7, 11) is 0. The van der Waals surface area contributed by atoms with Crippen LogP contribution >= 0.6 is 22.9 Å². The fourth-order valence-corrected chi connectivity index (χ4v) is 3.30. The van der Waals surface area contributed by atoms with E-state index in [1.807, 2.05) is 0 Å². The van der Waals surface area contributed by atoms with Crippen LogP contribution in [0.3, 0.4) is 0 Å². The third-order valence-electron chi connectivity index (χ3n) is 3.55. The topological polar surface area (TPSA) is 64.8 Å². The second-order valence-electron chi connectivity index (χ2n) is 5.34. The molecule has 3 aromatic rings. The molecule has 1 aromatic carbocycles. The van der Waals surface area contributed by atoms with Crippen molar-refractivity contribution in [3.8, 4) is 6.07 Å². The summed E-state index contributed by atoms with van der Waals surface area (Å²) in [6.07, 6.45) is -6.61. The molecule has 0 aliphatic carbocycles. The highest BCUT2D eigenvalue weighted by molar-refractivity contribution is 7.22. The monoisotopic (exact) mass is 412 g/mol. The molecule has 1 saturated heterocycles. The average Bonchev–Trinajstić information content (AvgIpc) is 3.10. The third-order valence-corrected chi connectivity index (χ3v) is 4.64. The molecule has 1 aliphatic heterocycles. The number of likely N-dealkylation sites (tertiary alicyclic amines) is 1. The molecule has 0 bridgehead atoms. The predicted octanol–water partition coefficient (Wildman–Crippen LogP) is 4.43. The molecule has 27 heavy (non-hydrogen) atoms. The van der Waals surface area contributed by atoms with Gasteiger partial charge in [-0.05, 0) is 36.5 Å². The normalized spacial score (nSPS) is 27.1. The summed E-state index contributed by atoms with van der Waals surface area (Å²) in [6.45, 7) is -4.59. The fraction of sp³-hybridized carbons (Fsp3) is 0.316. The van der Waals surface area contributed by atoms with Gasteiger partial charge in [-0.3, -0.25) is 4.90 Å². The second-order valence-corrected chi connectivity index (χ2v) is 6.94. The third kappa shape index (κ3) is 4.03. The first-order valence-electron chi connectivity index (χ1n) is 13.0. The maximum absolute atomic E-state index is 14.0. The van der Waals surface area contributed by atoms with Crippen molar-refractivity contribution in [1.29, 1.82) is 5.26 Å². The quantitative estimate of drug-likeness (QED) is 0.686. The van der Waals surface area contributed by atoms with Crippen LogP contribution in [0.25, 0.3) is 10.2 Å². The zero-order chi connectivity index (χ0) is 28.6. The van der Waals surface area contributed by atoms with Crippen molar-refractivity contribution < 1.29 is 19.5 Å². The van der Waals surface area contributed by atoms with E-state index in [0.717, 1.165) is 23.5 Å². The van der Waals surface area contributed by atoms with Gasteiger partial charge in [0.1, 0.15) is 30.2 Å². The number of nitrogens with one attached hydrogen (secondary N) is 1. The molecule has 8 heteroatoms. The Balaban J connectivity index is 1.81. The summed E-state index contributed by atoms with van der Waals surface area (Å²) in [5, 5.41) is 9.11. The molecule has 0 amide bonds. The minimum absolute atomic E-state index is 0.0153. The molecule has 1 N–H and O–H groups in total. The Hall–Kier alpha value is -2.27. The Morgan fingerprint density at radius 1 is 1.59 bits per heavy atom. The summed E-state index contributed by atoms with van der Waals surface area (Å²) in [5.41, 5.74) is -1.01. The molecule has 5 nitrogen and oxygen atoms in total. The summed E-state index contributed by atoms with van der Waals surface area (Å²) in [6, 6.07) is -1.03. The lowest BCUT2D eigenvalue weighted by Gasteiger charge is -2.32. The fourth-order valence-electron chi connectivity index (χ4n) is 2.33. The molecule has 0 saturated carbocycles.